The standard InChI is InChI=1S/C15H25N3O/c1-3-13(2)10-15(19)18(9-5-7-16)12-14-6-4-8-17-11-14/h4,6,8,11,13H,3,5,7,9-10,12,16H2,1-2H3. The number of nitrogens with two attached hydrogens (primary N) is 1. The van der Waals surface area contributed by atoms with Gasteiger partial charge < -0.3 is 10.6 Å². The van der Waals surface area contributed by atoms with Crippen LogP contribution in [0.5, 0.6) is 0 Å². The van der Waals surface area contributed by atoms with Gasteiger partial charge in [0, 0.05) is 31.9 Å². The van der Waals surface area contributed by atoms with Crippen LogP contribution in [0.25, 0.3) is 0 Å². The monoisotopic (exact) mass is 263 g/mol. The first-order valence-corrected chi connectivity index (χ1v) is 7.04. The summed E-state index contributed by atoms with van der Waals surface area (Å²) >= 11 is 0. The summed E-state index contributed by atoms with van der Waals surface area (Å²) in [5.74, 6) is 0.647. The van der Waals surface area contributed by atoms with E-state index in [9.17, 15) is 4.79 Å². The van der Waals surface area contributed by atoms with Gasteiger partial charge in [0.05, 0.1) is 0 Å². The maximum atomic E-state index is 12.3. The second kappa shape index (κ2) is 8.64. The Morgan fingerprint density at radius 2 is 2.32 bits per heavy atom. The molecule has 0 spiro atoms. The number of carbonyl (C=O) groups excluding carboxylic acids is 1. The summed E-state index contributed by atoms with van der Waals surface area (Å²) in [5, 5.41) is 0. The largest absolute Gasteiger partial charge is 0.338 e. The van der Waals surface area contributed by atoms with E-state index < -0.39 is 0 Å². The van der Waals surface area contributed by atoms with Crippen molar-refractivity contribution in [2.45, 2.75) is 39.7 Å². The van der Waals surface area contributed by atoms with Crippen molar-refractivity contribution in [3.8, 4) is 0 Å². The van der Waals surface area contributed by atoms with Crippen molar-refractivity contribution in [3.05, 3.63) is 30.1 Å². The molecule has 106 valence electrons. The molecule has 2 N–H and O–H groups in total. The van der Waals surface area contributed by atoms with Gasteiger partial charge in [-0.05, 0) is 30.5 Å². The molecule has 0 aromatic carbocycles. The average Bonchev–Trinajstić information content (AvgIpc) is 2.44. The minimum absolute atomic E-state index is 0.214. The van der Waals surface area contributed by atoms with Crippen LogP contribution < -0.4 is 5.73 Å². The van der Waals surface area contributed by atoms with E-state index in [4.69, 9.17) is 5.73 Å². The van der Waals surface area contributed by atoms with Crippen molar-refractivity contribution < 1.29 is 4.79 Å². The number of carbonyl (C=O) groups is 1. The summed E-state index contributed by atoms with van der Waals surface area (Å²) in [6.45, 7) is 6.19. The molecule has 1 unspecified atom stereocenters. The minimum atomic E-state index is 0.214. The molecule has 1 heterocycles. The summed E-state index contributed by atoms with van der Waals surface area (Å²) in [6.07, 6.45) is 6.04. The molecule has 0 saturated carbocycles. The second-order valence-corrected chi connectivity index (χ2v) is 5.04. The summed E-state index contributed by atoms with van der Waals surface area (Å²) < 4.78 is 0. The molecule has 0 radical (unpaired) electrons. The average molecular weight is 263 g/mol. The zero-order valence-electron chi connectivity index (χ0n) is 12.0. The lowest BCUT2D eigenvalue weighted by atomic mass is 10.0. The predicted octanol–water partition coefficient (Wildman–Crippen LogP) is 2.20. The van der Waals surface area contributed by atoms with E-state index >= 15 is 0 Å². The van der Waals surface area contributed by atoms with E-state index in [0.717, 1.165) is 24.9 Å². The minimum Gasteiger partial charge on any atom is -0.338 e. The van der Waals surface area contributed by atoms with Crippen molar-refractivity contribution in [1.82, 2.24) is 9.88 Å². The second-order valence-electron chi connectivity index (χ2n) is 5.04. The third kappa shape index (κ3) is 5.83. The molecular formula is C15H25N3O. The zero-order valence-corrected chi connectivity index (χ0v) is 12.0. The molecule has 1 aromatic heterocycles. The summed E-state index contributed by atoms with van der Waals surface area (Å²) in [6, 6.07) is 3.90. The van der Waals surface area contributed by atoms with Crippen molar-refractivity contribution in [2.75, 3.05) is 13.1 Å². The molecular weight excluding hydrogens is 238 g/mol. The molecule has 0 aliphatic rings. The van der Waals surface area contributed by atoms with Crippen LogP contribution in [0.15, 0.2) is 24.5 Å². The van der Waals surface area contributed by atoms with Gasteiger partial charge in [-0.2, -0.15) is 0 Å². The van der Waals surface area contributed by atoms with Gasteiger partial charge in [0.1, 0.15) is 0 Å². The molecule has 0 aliphatic carbocycles. The van der Waals surface area contributed by atoms with Gasteiger partial charge in [-0.3, -0.25) is 9.78 Å². The Hall–Kier alpha value is -1.42. The maximum Gasteiger partial charge on any atom is 0.223 e. The number of rotatable bonds is 8. The zero-order chi connectivity index (χ0) is 14.1. The van der Waals surface area contributed by atoms with Gasteiger partial charge >= 0.3 is 0 Å². The Morgan fingerprint density at radius 3 is 2.89 bits per heavy atom. The number of amides is 1. The molecule has 19 heavy (non-hydrogen) atoms. The van der Waals surface area contributed by atoms with Crippen LogP contribution in [0.3, 0.4) is 0 Å². The first-order valence-electron chi connectivity index (χ1n) is 7.04. The normalized spacial score (nSPS) is 12.2. The van der Waals surface area contributed by atoms with Gasteiger partial charge in [-0.1, -0.05) is 26.3 Å². The van der Waals surface area contributed by atoms with Crippen LogP contribution in [-0.2, 0) is 11.3 Å². The number of nitrogens with zero attached hydrogens (tertiary/aromatic N) is 2. The molecule has 1 atom stereocenters. The lowest BCUT2D eigenvalue weighted by Crippen LogP contribution is -2.33. The highest BCUT2D eigenvalue weighted by molar-refractivity contribution is 5.76. The number of hydrogen-bond acceptors (Lipinski definition) is 3. The van der Waals surface area contributed by atoms with Crippen LogP contribution in [0.2, 0.25) is 0 Å². The van der Waals surface area contributed by atoms with Crippen LogP contribution in [0.1, 0.15) is 38.7 Å². The Kier molecular flexibility index (Phi) is 7.11. The van der Waals surface area contributed by atoms with E-state index in [1.165, 1.54) is 0 Å². The SMILES string of the molecule is CCC(C)CC(=O)N(CCCN)Cc1cccnc1. The lowest BCUT2D eigenvalue weighted by Gasteiger charge is -2.24. The molecule has 4 nitrogen and oxygen atoms in total. The van der Waals surface area contributed by atoms with Gasteiger partial charge in [0.2, 0.25) is 5.91 Å². The van der Waals surface area contributed by atoms with Crippen molar-refractivity contribution in [1.29, 1.82) is 0 Å². The lowest BCUT2D eigenvalue weighted by molar-refractivity contribution is -0.132. The molecule has 0 aliphatic heterocycles. The number of hydrogen-bond donors (Lipinski definition) is 1. The molecule has 1 rings (SSSR count). The molecule has 1 amide bonds. The van der Waals surface area contributed by atoms with E-state index in [1.807, 2.05) is 23.2 Å². The Bertz CT molecular complexity index is 367. The van der Waals surface area contributed by atoms with Crippen LogP contribution in [0, 0.1) is 5.92 Å². The molecule has 0 saturated heterocycles. The van der Waals surface area contributed by atoms with Gasteiger partial charge in [0.15, 0.2) is 0 Å². The molecule has 0 fully saturated rings. The Balaban J connectivity index is 2.63. The van der Waals surface area contributed by atoms with Crippen molar-refractivity contribution in [2.24, 2.45) is 11.7 Å². The van der Waals surface area contributed by atoms with E-state index in [-0.39, 0.29) is 5.91 Å². The third-order valence-corrected chi connectivity index (χ3v) is 3.30. The highest BCUT2D eigenvalue weighted by Crippen LogP contribution is 2.12. The fourth-order valence-electron chi connectivity index (χ4n) is 1.86. The van der Waals surface area contributed by atoms with E-state index in [2.05, 4.69) is 18.8 Å². The Morgan fingerprint density at radius 1 is 1.53 bits per heavy atom. The molecule has 4 heteroatoms. The smallest absolute Gasteiger partial charge is 0.223 e. The third-order valence-electron chi connectivity index (χ3n) is 3.30. The van der Waals surface area contributed by atoms with Gasteiger partial charge in [-0.15, -0.1) is 0 Å². The number of pyridine rings is 1. The predicted molar refractivity (Wildman–Crippen MR) is 77.4 cm³/mol. The molecule has 0 bridgehead atoms. The Labute approximate surface area is 116 Å². The summed E-state index contributed by atoms with van der Waals surface area (Å²) in [5.41, 5.74) is 6.61. The summed E-state index contributed by atoms with van der Waals surface area (Å²) in [7, 11) is 0. The maximum absolute atomic E-state index is 12.3. The highest BCUT2D eigenvalue weighted by atomic mass is 16.2. The molecule has 1 aromatic rings. The summed E-state index contributed by atoms with van der Waals surface area (Å²) in [4.78, 5) is 18.3. The fourth-order valence-corrected chi connectivity index (χ4v) is 1.86. The quantitative estimate of drug-likeness (QED) is 0.782. The fraction of sp³-hybridized carbons (Fsp3) is 0.600. The van der Waals surface area contributed by atoms with E-state index in [0.29, 0.717) is 25.4 Å². The highest BCUT2D eigenvalue weighted by Gasteiger charge is 2.15. The van der Waals surface area contributed by atoms with Crippen molar-refractivity contribution >= 4 is 5.91 Å². The van der Waals surface area contributed by atoms with Gasteiger partial charge in [0.25, 0.3) is 0 Å². The first-order chi connectivity index (χ1) is 9.17. The first kappa shape index (κ1) is 15.6. The van der Waals surface area contributed by atoms with Crippen LogP contribution >= 0.6 is 0 Å². The van der Waals surface area contributed by atoms with Gasteiger partial charge in [-0.25, -0.2) is 0 Å². The van der Waals surface area contributed by atoms with E-state index in [1.54, 1.807) is 6.20 Å². The number of aromatic nitrogens is 1. The van der Waals surface area contributed by atoms with Crippen LogP contribution in [-0.4, -0.2) is 28.9 Å². The van der Waals surface area contributed by atoms with Crippen molar-refractivity contribution in [3.63, 3.8) is 0 Å². The topological polar surface area (TPSA) is 59.2 Å². The van der Waals surface area contributed by atoms with Crippen LogP contribution in [0.4, 0.5) is 0 Å².